The van der Waals surface area contributed by atoms with Gasteiger partial charge in [0.2, 0.25) is 0 Å². The van der Waals surface area contributed by atoms with E-state index in [1.54, 1.807) is 0 Å². The number of aromatic nitrogens is 1. The van der Waals surface area contributed by atoms with Gasteiger partial charge in [0, 0.05) is 23.1 Å². The third kappa shape index (κ3) is 3.40. The van der Waals surface area contributed by atoms with E-state index >= 15 is 0 Å². The van der Waals surface area contributed by atoms with Gasteiger partial charge in [0.1, 0.15) is 5.82 Å². The zero-order chi connectivity index (χ0) is 22.7. The molecule has 2 aromatic carbocycles. The standard InChI is InChI=1S/C27H29N3O3/c1-3-30(24-14-32-12-19-10-17(16-4-5-16)6-8-20(19)24)27(31)18-7-9-23-21(11-18)22-13-33-15(2)25(22)26(28)29-23/h6-11,15-16,24H,3-5,12-14H2,1-2H3,(H2,28,29)/t15-,24-/m1/s1. The number of pyridine rings is 1. The number of fused-ring (bicyclic) bond motifs is 4. The summed E-state index contributed by atoms with van der Waals surface area (Å²) in [7, 11) is 0. The van der Waals surface area contributed by atoms with Crippen molar-refractivity contribution in [2.75, 3.05) is 18.9 Å². The van der Waals surface area contributed by atoms with Gasteiger partial charge in [-0.1, -0.05) is 18.2 Å². The van der Waals surface area contributed by atoms with Gasteiger partial charge in [-0.05, 0) is 73.1 Å². The third-order valence-corrected chi connectivity index (χ3v) is 7.38. The van der Waals surface area contributed by atoms with Crippen molar-refractivity contribution in [1.29, 1.82) is 0 Å². The predicted molar refractivity (Wildman–Crippen MR) is 127 cm³/mol. The van der Waals surface area contributed by atoms with Crippen molar-refractivity contribution in [3.05, 3.63) is 69.8 Å². The Bertz CT molecular complexity index is 1270. The topological polar surface area (TPSA) is 77.7 Å². The van der Waals surface area contributed by atoms with E-state index in [0.29, 0.717) is 43.7 Å². The van der Waals surface area contributed by atoms with Gasteiger partial charge in [-0.15, -0.1) is 0 Å². The highest BCUT2D eigenvalue weighted by atomic mass is 16.5. The van der Waals surface area contributed by atoms with Crippen LogP contribution < -0.4 is 5.73 Å². The van der Waals surface area contributed by atoms with Gasteiger partial charge < -0.3 is 20.1 Å². The smallest absolute Gasteiger partial charge is 0.254 e. The first-order valence-corrected chi connectivity index (χ1v) is 11.9. The van der Waals surface area contributed by atoms with Crippen LogP contribution in [0.5, 0.6) is 0 Å². The Morgan fingerprint density at radius 1 is 1.18 bits per heavy atom. The summed E-state index contributed by atoms with van der Waals surface area (Å²) in [6.45, 7) is 6.24. The van der Waals surface area contributed by atoms with Crippen LogP contribution in [0, 0.1) is 0 Å². The molecule has 33 heavy (non-hydrogen) atoms. The maximum atomic E-state index is 13.7. The van der Waals surface area contributed by atoms with Crippen molar-refractivity contribution in [3.63, 3.8) is 0 Å². The number of likely N-dealkylation sites (N-methyl/N-ethyl adjacent to an activating group) is 1. The molecule has 1 amide bonds. The van der Waals surface area contributed by atoms with Gasteiger partial charge >= 0.3 is 0 Å². The largest absolute Gasteiger partial charge is 0.383 e. The van der Waals surface area contributed by atoms with Crippen LogP contribution in [-0.2, 0) is 22.7 Å². The molecule has 6 nitrogen and oxygen atoms in total. The number of anilines is 1. The second-order valence-corrected chi connectivity index (χ2v) is 9.43. The first-order valence-electron chi connectivity index (χ1n) is 11.9. The molecule has 3 heterocycles. The molecule has 0 saturated heterocycles. The molecular formula is C27H29N3O3. The van der Waals surface area contributed by atoms with Crippen molar-refractivity contribution in [2.24, 2.45) is 0 Å². The highest BCUT2D eigenvalue weighted by Gasteiger charge is 2.32. The first-order chi connectivity index (χ1) is 16.0. The van der Waals surface area contributed by atoms with Crippen LogP contribution in [0.25, 0.3) is 10.9 Å². The van der Waals surface area contributed by atoms with Crippen molar-refractivity contribution >= 4 is 22.6 Å². The van der Waals surface area contributed by atoms with Crippen LogP contribution in [0.3, 0.4) is 0 Å². The van der Waals surface area contributed by atoms with Crippen molar-refractivity contribution in [3.8, 4) is 0 Å². The van der Waals surface area contributed by atoms with E-state index in [0.717, 1.165) is 22.0 Å². The van der Waals surface area contributed by atoms with E-state index in [4.69, 9.17) is 15.2 Å². The summed E-state index contributed by atoms with van der Waals surface area (Å²) in [5.41, 5.74) is 13.4. The lowest BCUT2D eigenvalue weighted by molar-refractivity contribution is 0.0285. The Kier molecular flexibility index (Phi) is 4.89. The fraction of sp³-hybridized carbons (Fsp3) is 0.407. The molecular weight excluding hydrogens is 414 g/mol. The number of amides is 1. The second kappa shape index (κ2) is 7.82. The minimum atomic E-state index is -0.0891. The lowest BCUT2D eigenvalue weighted by Gasteiger charge is -2.35. The Morgan fingerprint density at radius 3 is 2.82 bits per heavy atom. The number of benzene rings is 2. The minimum absolute atomic E-state index is 0.00431. The molecule has 0 bridgehead atoms. The fourth-order valence-electron chi connectivity index (χ4n) is 5.44. The Balaban J connectivity index is 1.36. The number of carbonyl (C=O) groups is 1. The predicted octanol–water partition coefficient (Wildman–Crippen LogP) is 5.02. The number of nitrogen functional groups attached to an aromatic ring is 1. The summed E-state index contributed by atoms with van der Waals surface area (Å²) in [5.74, 6) is 1.22. The van der Waals surface area contributed by atoms with Crippen LogP contribution in [0.1, 0.15) is 82.9 Å². The number of hydrogen-bond acceptors (Lipinski definition) is 5. The number of rotatable bonds is 4. The Labute approximate surface area is 193 Å². The lowest BCUT2D eigenvalue weighted by atomic mass is 9.93. The quantitative estimate of drug-likeness (QED) is 0.613. The van der Waals surface area contributed by atoms with Gasteiger partial charge in [0.15, 0.2) is 0 Å². The van der Waals surface area contributed by atoms with Gasteiger partial charge in [-0.2, -0.15) is 0 Å². The van der Waals surface area contributed by atoms with Crippen molar-refractivity contribution < 1.29 is 14.3 Å². The van der Waals surface area contributed by atoms with Gasteiger partial charge in [0.05, 0.1) is 37.5 Å². The summed E-state index contributed by atoms with van der Waals surface area (Å²) in [5, 5.41) is 0.944. The third-order valence-electron chi connectivity index (χ3n) is 7.38. The zero-order valence-electron chi connectivity index (χ0n) is 19.1. The van der Waals surface area contributed by atoms with Gasteiger partial charge in [-0.3, -0.25) is 4.79 Å². The molecule has 2 aliphatic heterocycles. The van der Waals surface area contributed by atoms with Crippen LogP contribution in [0.15, 0.2) is 36.4 Å². The van der Waals surface area contributed by atoms with Crippen LogP contribution in [0.4, 0.5) is 5.82 Å². The van der Waals surface area contributed by atoms with Crippen LogP contribution in [0.2, 0.25) is 0 Å². The van der Waals surface area contributed by atoms with Crippen molar-refractivity contribution in [1.82, 2.24) is 9.88 Å². The molecule has 3 aromatic rings. The molecule has 2 atom stereocenters. The highest BCUT2D eigenvalue weighted by molar-refractivity contribution is 5.99. The first kappa shape index (κ1) is 20.6. The number of carbonyl (C=O) groups excluding carboxylic acids is 1. The fourth-order valence-corrected chi connectivity index (χ4v) is 5.44. The van der Waals surface area contributed by atoms with E-state index < -0.39 is 0 Å². The molecule has 0 unspecified atom stereocenters. The maximum Gasteiger partial charge on any atom is 0.254 e. The maximum absolute atomic E-state index is 13.7. The molecule has 1 saturated carbocycles. The molecule has 0 radical (unpaired) electrons. The molecule has 6 rings (SSSR count). The Hall–Kier alpha value is -2.96. The summed E-state index contributed by atoms with van der Waals surface area (Å²) in [6.07, 6.45) is 2.47. The molecule has 1 fully saturated rings. The molecule has 170 valence electrons. The van der Waals surface area contributed by atoms with Crippen LogP contribution in [-0.4, -0.2) is 28.9 Å². The average Bonchev–Trinajstić information content (AvgIpc) is 3.61. The molecule has 0 spiro atoms. The van der Waals surface area contributed by atoms with Gasteiger partial charge in [-0.25, -0.2) is 4.98 Å². The highest BCUT2D eigenvalue weighted by Crippen LogP contribution is 2.42. The molecule has 6 heteroatoms. The molecule has 2 N–H and O–H groups in total. The lowest BCUT2D eigenvalue weighted by Crippen LogP contribution is -2.39. The summed E-state index contributed by atoms with van der Waals surface area (Å²) in [4.78, 5) is 20.2. The van der Waals surface area contributed by atoms with E-state index in [-0.39, 0.29) is 18.1 Å². The van der Waals surface area contributed by atoms with Crippen LogP contribution >= 0.6 is 0 Å². The normalized spacial score (nSPS) is 21.6. The molecule has 1 aromatic heterocycles. The van der Waals surface area contributed by atoms with E-state index in [9.17, 15) is 4.79 Å². The Morgan fingerprint density at radius 2 is 2.03 bits per heavy atom. The minimum Gasteiger partial charge on any atom is -0.383 e. The number of nitrogens with two attached hydrogens (primary N) is 1. The number of hydrogen-bond donors (Lipinski definition) is 1. The number of ether oxygens (including phenoxy) is 2. The summed E-state index contributed by atoms with van der Waals surface area (Å²) >= 11 is 0. The molecule has 1 aliphatic carbocycles. The second-order valence-electron chi connectivity index (χ2n) is 9.43. The summed E-state index contributed by atoms with van der Waals surface area (Å²) < 4.78 is 11.8. The number of nitrogens with zero attached hydrogens (tertiary/aromatic N) is 2. The van der Waals surface area contributed by atoms with E-state index in [1.807, 2.05) is 36.9 Å². The monoisotopic (exact) mass is 443 g/mol. The van der Waals surface area contributed by atoms with Crippen molar-refractivity contribution in [2.45, 2.75) is 58.0 Å². The summed E-state index contributed by atoms with van der Waals surface area (Å²) in [6, 6.07) is 12.3. The SMILES string of the molecule is CCN(C(=O)c1ccc2nc(N)c3c(c2c1)CO[C@@H]3C)[C@@H]1COCc2cc(C3CC3)ccc21. The zero-order valence-corrected chi connectivity index (χ0v) is 19.1. The molecule has 3 aliphatic rings. The van der Waals surface area contributed by atoms with E-state index in [2.05, 4.69) is 23.2 Å². The van der Waals surface area contributed by atoms with Gasteiger partial charge in [0.25, 0.3) is 5.91 Å². The van der Waals surface area contributed by atoms with E-state index in [1.165, 1.54) is 29.5 Å². The average molecular weight is 444 g/mol.